The lowest BCUT2D eigenvalue weighted by Crippen LogP contribution is -2.08. The van der Waals surface area contributed by atoms with E-state index in [1.807, 2.05) is 0 Å². The molecule has 0 aromatic heterocycles. The molecule has 0 unspecified atom stereocenters. The average molecular weight is 241 g/mol. The van der Waals surface area contributed by atoms with Crippen LogP contribution in [0.15, 0.2) is 12.1 Å². The summed E-state index contributed by atoms with van der Waals surface area (Å²) >= 11 is 0. The van der Waals surface area contributed by atoms with E-state index in [4.69, 9.17) is 10.4 Å². The van der Waals surface area contributed by atoms with Crippen molar-refractivity contribution in [1.82, 2.24) is 0 Å². The van der Waals surface area contributed by atoms with E-state index in [1.165, 1.54) is 6.07 Å². The molecule has 0 fully saturated rings. The molecule has 4 nitrogen and oxygen atoms in total. The van der Waals surface area contributed by atoms with E-state index in [-0.39, 0.29) is 11.1 Å². The van der Waals surface area contributed by atoms with E-state index >= 15 is 0 Å². The number of hydrogen-bond donors (Lipinski definition) is 1. The highest BCUT2D eigenvalue weighted by Crippen LogP contribution is 2.25. The molecule has 0 radical (unpaired) electrons. The molecular weight excluding hydrogens is 232 g/mol. The number of ether oxygens (including phenoxy) is 1. The lowest BCUT2D eigenvalue weighted by Gasteiger charge is -2.10. The van der Waals surface area contributed by atoms with Gasteiger partial charge < -0.3 is 9.84 Å². The predicted octanol–water partition coefficient (Wildman–Crippen LogP) is 2.42. The molecule has 0 spiro atoms. The van der Waals surface area contributed by atoms with Crippen molar-refractivity contribution in [2.24, 2.45) is 0 Å². The van der Waals surface area contributed by atoms with Gasteiger partial charge in [0.2, 0.25) is 0 Å². The second-order valence-electron chi connectivity index (χ2n) is 3.15. The molecule has 1 aromatic rings. The number of aromatic carboxylic acids is 1. The molecule has 0 aliphatic heterocycles. The summed E-state index contributed by atoms with van der Waals surface area (Å²) < 4.78 is 28.3. The van der Waals surface area contributed by atoms with Gasteiger partial charge in [0, 0.05) is 0 Å². The van der Waals surface area contributed by atoms with E-state index in [2.05, 4.69) is 4.74 Å². The van der Waals surface area contributed by atoms with E-state index in [0.717, 1.165) is 6.07 Å². The molecule has 0 heterocycles. The normalized spacial score (nSPS) is 10.1. The Hall–Kier alpha value is -2.16. The summed E-state index contributed by atoms with van der Waals surface area (Å²) in [5, 5.41) is 17.7. The summed E-state index contributed by atoms with van der Waals surface area (Å²) in [6, 6.07) is 3.89. The zero-order valence-electron chi connectivity index (χ0n) is 8.91. The Morgan fingerprint density at radius 2 is 2.24 bits per heavy atom. The number of nitrogens with zero attached hydrogens (tertiary/aromatic N) is 1. The van der Waals surface area contributed by atoms with Gasteiger partial charge in [-0.2, -0.15) is 14.0 Å². The maximum atomic E-state index is 12.1. The van der Waals surface area contributed by atoms with Crippen LogP contribution < -0.4 is 4.74 Å². The lowest BCUT2D eigenvalue weighted by atomic mass is 10.0. The molecule has 0 amide bonds. The predicted molar refractivity (Wildman–Crippen MR) is 54.1 cm³/mol. The Kier molecular flexibility index (Phi) is 3.99. The number of benzene rings is 1. The minimum absolute atomic E-state index is 0.104. The fourth-order valence-electron chi connectivity index (χ4n) is 1.40. The molecule has 90 valence electrons. The topological polar surface area (TPSA) is 70.3 Å². The highest BCUT2D eigenvalue weighted by Gasteiger charge is 2.17. The first kappa shape index (κ1) is 12.9. The number of aryl methyl sites for hydroxylation is 1. The van der Waals surface area contributed by atoms with Crippen molar-refractivity contribution in [2.75, 3.05) is 0 Å². The van der Waals surface area contributed by atoms with Gasteiger partial charge in [-0.15, -0.1) is 0 Å². The quantitative estimate of drug-likeness (QED) is 0.878. The third kappa shape index (κ3) is 2.91. The van der Waals surface area contributed by atoms with Gasteiger partial charge in [0.15, 0.2) is 0 Å². The number of carbonyl (C=O) groups is 1. The van der Waals surface area contributed by atoms with E-state index in [1.54, 1.807) is 13.0 Å². The second-order valence-corrected chi connectivity index (χ2v) is 3.15. The monoisotopic (exact) mass is 241 g/mol. The zero-order valence-corrected chi connectivity index (χ0v) is 8.91. The summed E-state index contributed by atoms with van der Waals surface area (Å²) in [7, 11) is 0. The summed E-state index contributed by atoms with van der Waals surface area (Å²) in [4.78, 5) is 10.9. The number of rotatable bonds is 4. The second kappa shape index (κ2) is 5.25. The number of carboxylic acid groups (broad SMARTS) is 1. The van der Waals surface area contributed by atoms with Gasteiger partial charge in [-0.05, 0) is 24.1 Å². The van der Waals surface area contributed by atoms with Crippen molar-refractivity contribution >= 4 is 5.97 Å². The van der Waals surface area contributed by atoms with E-state index in [0.29, 0.717) is 12.0 Å². The molecule has 1 aromatic carbocycles. The minimum Gasteiger partial charge on any atom is -0.478 e. The van der Waals surface area contributed by atoms with Crippen LogP contribution in [0.4, 0.5) is 8.78 Å². The third-order valence-corrected chi connectivity index (χ3v) is 2.15. The molecule has 0 saturated heterocycles. The van der Waals surface area contributed by atoms with Crippen molar-refractivity contribution in [2.45, 2.75) is 20.0 Å². The Morgan fingerprint density at radius 3 is 2.65 bits per heavy atom. The minimum atomic E-state index is -3.10. The van der Waals surface area contributed by atoms with Crippen LogP contribution >= 0.6 is 0 Å². The molecule has 0 aliphatic carbocycles. The van der Waals surface area contributed by atoms with Crippen LogP contribution in [0.2, 0.25) is 0 Å². The van der Waals surface area contributed by atoms with Gasteiger partial charge >= 0.3 is 12.6 Å². The fraction of sp³-hybridized carbons (Fsp3) is 0.273. The van der Waals surface area contributed by atoms with Crippen molar-refractivity contribution in [1.29, 1.82) is 5.26 Å². The maximum Gasteiger partial charge on any atom is 0.387 e. The molecule has 6 heteroatoms. The van der Waals surface area contributed by atoms with Gasteiger partial charge in [-0.1, -0.05) is 6.92 Å². The lowest BCUT2D eigenvalue weighted by molar-refractivity contribution is -0.0501. The molecule has 0 atom stereocenters. The number of halogens is 2. The molecule has 17 heavy (non-hydrogen) atoms. The highest BCUT2D eigenvalue weighted by atomic mass is 19.3. The summed E-state index contributed by atoms with van der Waals surface area (Å²) in [5.41, 5.74) is 0.157. The van der Waals surface area contributed by atoms with Crippen LogP contribution in [-0.2, 0) is 6.42 Å². The van der Waals surface area contributed by atoms with Crippen molar-refractivity contribution in [3.63, 3.8) is 0 Å². The van der Waals surface area contributed by atoms with E-state index < -0.39 is 18.3 Å². The number of alkyl halides is 2. The fourth-order valence-corrected chi connectivity index (χ4v) is 1.40. The van der Waals surface area contributed by atoms with Crippen molar-refractivity contribution < 1.29 is 23.4 Å². The summed E-state index contributed by atoms with van der Waals surface area (Å²) in [5.74, 6) is -1.66. The maximum absolute atomic E-state index is 12.1. The van der Waals surface area contributed by atoms with Gasteiger partial charge in [-0.3, -0.25) is 0 Å². The molecule has 0 bridgehead atoms. The average Bonchev–Trinajstić information content (AvgIpc) is 2.27. The largest absolute Gasteiger partial charge is 0.478 e. The highest BCUT2D eigenvalue weighted by molar-refractivity contribution is 5.90. The van der Waals surface area contributed by atoms with Crippen molar-refractivity contribution in [3.05, 3.63) is 28.8 Å². The van der Waals surface area contributed by atoms with Crippen LogP contribution in [0.25, 0.3) is 0 Å². The van der Waals surface area contributed by atoms with E-state index in [9.17, 15) is 13.6 Å². The molecule has 0 saturated carbocycles. The first-order valence-electron chi connectivity index (χ1n) is 4.74. The Balaban J connectivity index is 3.35. The van der Waals surface area contributed by atoms with Crippen LogP contribution in [0.3, 0.4) is 0 Å². The number of hydrogen-bond acceptors (Lipinski definition) is 3. The molecule has 1 N–H and O–H groups in total. The van der Waals surface area contributed by atoms with Gasteiger partial charge in [0.1, 0.15) is 11.8 Å². The summed E-state index contributed by atoms with van der Waals surface area (Å²) in [6.07, 6.45) is 0.380. The third-order valence-electron chi connectivity index (χ3n) is 2.15. The Morgan fingerprint density at radius 1 is 1.59 bits per heavy atom. The van der Waals surface area contributed by atoms with Gasteiger partial charge in [0.25, 0.3) is 0 Å². The van der Waals surface area contributed by atoms with Crippen LogP contribution in [0, 0.1) is 11.3 Å². The van der Waals surface area contributed by atoms with Crippen LogP contribution in [0.5, 0.6) is 5.75 Å². The zero-order chi connectivity index (χ0) is 13.0. The molecule has 0 aliphatic rings. The standard InChI is InChI=1S/C11H9F2NO3/c1-2-6-3-7(5-14)9(17-11(12)13)4-8(6)10(15)16/h3-4,11H,2H2,1H3,(H,15,16). The molecular formula is C11H9F2NO3. The van der Waals surface area contributed by atoms with Crippen LogP contribution in [-0.4, -0.2) is 17.7 Å². The van der Waals surface area contributed by atoms with Crippen LogP contribution in [0.1, 0.15) is 28.4 Å². The van der Waals surface area contributed by atoms with Crippen molar-refractivity contribution in [3.8, 4) is 11.8 Å². The van der Waals surface area contributed by atoms with Gasteiger partial charge in [0.05, 0.1) is 11.1 Å². The smallest absolute Gasteiger partial charge is 0.387 e. The number of nitriles is 1. The molecule has 1 rings (SSSR count). The Labute approximate surface area is 96.0 Å². The number of carboxylic acids is 1. The summed E-state index contributed by atoms with van der Waals surface area (Å²) in [6.45, 7) is -1.40. The first-order valence-corrected chi connectivity index (χ1v) is 4.74. The first-order chi connectivity index (χ1) is 7.99. The SMILES string of the molecule is CCc1cc(C#N)c(OC(F)F)cc1C(=O)O. The van der Waals surface area contributed by atoms with Gasteiger partial charge in [-0.25, -0.2) is 4.79 Å². The Bertz CT molecular complexity index is 480.